The summed E-state index contributed by atoms with van der Waals surface area (Å²) in [5.74, 6) is 3.16. The van der Waals surface area contributed by atoms with E-state index in [9.17, 15) is 0 Å². The van der Waals surface area contributed by atoms with Crippen LogP contribution in [-0.4, -0.2) is 44.9 Å². The summed E-state index contributed by atoms with van der Waals surface area (Å²) in [6.45, 7) is 13.9. The average Bonchev–Trinajstić information content (AvgIpc) is 3.08. The summed E-state index contributed by atoms with van der Waals surface area (Å²) in [6, 6.07) is 3.79. The molecule has 8 heteroatoms. The van der Waals surface area contributed by atoms with Gasteiger partial charge in [-0.05, 0) is 30.2 Å². The smallest absolute Gasteiger partial charge is 0.246 e. The summed E-state index contributed by atoms with van der Waals surface area (Å²) < 4.78 is 16.3. The molecule has 0 atom stereocenters. The summed E-state index contributed by atoms with van der Waals surface area (Å²) >= 11 is 1.39. The van der Waals surface area contributed by atoms with E-state index in [1.54, 1.807) is 21.3 Å². The molecule has 0 amide bonds. The highest BCUT2D eigenvalue weighted by molar-refractivity contribution is 7.22. The number of rotatable bonds is 8. The van der Waals surface area contributed by atoms with Gasteiger partial charge in [0.05, 0.1) is 27.9 Å². The van der Waals surface area contributed by atoms with Crippen LogP contribution in [0.5, 0.6) is 17.2 Å². The Morgan fingerprint density at radius 2 is 1.83 bits per heavy atom. The largest absolute Gasteiger partial charge is 0.493 e. The van der Waals surface area contributed by atoms with Crippen molar-refractivity contribution in [2.45, 2.75) is 13.3 Å². The van der Waals surface area contributed by atoms with Crippen LogP contribution < -0.4 is 19.1 Å². The standard InChI is InChI=1S/C22H24N4O3S/c1-8-9-26(4)20-18-13(2)21(23-3)30-22(18)25-17(24-20)12-14-10-15(27-5)19(29-7)16(11-14)28-6/h8,10-11H,1,9,12H2,2,4-7H3. The Bertz CT molecular complexity index is 1110. The molecule has 2 heterocycles. The van der Waals surface area contributed by atoms with Crippen molar-refractivity contribution in [2.75, 3.05) is 39.8 Å². The zero-order valence-corrected chi connectivity index (χ0v) is 18.6. The molecular weight excluding hydrogens is 400 g/mol. The third-order valence-corrected chi connectivity index (χ3v) is 5.82. The van der Waals surface area contributed by atoms with Gasteiger partial charge in [0.1, 0.15) is 16.5 Å². The summed E-state index contributed by atoms with van der Waals surface area (Å²) in [5, 5.41) is 1.56. The lowest BCUT2D eigenvalue weighted by Crippen LogP contribution is -2.19. The molecule has 0 bridgehead atoms. The number of aromatic nitrogens is 2. The van der Waals surface area contributed by atoms with Crippen LogP contribution in [0.25, 0.3) is 15.1 Å². The molecule has 2 aromatic heterocycles. The first-order valence-corrected chi connectivity index (χ1v) is 10.1. The van der Waals surface area contributed by atoms with Crippen LogP contribution in [0.3, 0.4) is 0 Å². The number of hydrogen-bond donors (Lipinski definition) is 0. The van der Waals surface area contributed by atoms with Crippen LogP contribution in [0.2, 0.25) is 0 Å². The van der Waals surface area contributed by atoms with E-state index in [1.807, 2.05) is 37.1 Å². The highest BCUT2D eigenvalue weighted by atomic mass is 32.1. The van der Waals surface area contributed by atoms with Crippen LogP contribution in [0.15, 0.2) is 24.8 Å². The molecule has 0 aliphatic rings. The van der Waals surface area contributed by atoms with E-state index in [2.05, 4.69) is 11.4 Å². The van der Waals surface area contributed by atoms with Crippen LogP contribution in [0.4, 0.5) is 10.8 Å². The van der Waals surface area contributed by atoms with Crippen molar-refractivity contribution in [3.05, 3.63) is 53.2 Å². The Balaban J connectivity index is 2.13. The van der Waals surface area contributed by atoms with Crippen molar-refractivity contribution in [3.8, 4) is 17.2 Å². The maximum Gasteiger partial charge on any atom is 0.246 e. The van der Waals surface area contributed by atoms with Gasteiger partial charge in [0, 0.05) is 25.4 Å². The molecule has 3 rings (SSSR count). The van der Waals surface area contributed by atoms with E-state index in [1.165, 1.54) is 11.3 Å². The molecule has 30 heavy (non-hydrogen) atoms. The number of fused-ring (bicyclic) bond motifs is 1. The number of hydrogen-bond acceptors (Lipinski definition) is 7. The molecule has 156 valence electrons. The first kappa shape index (κ1) is 21.4. The molecule has 0 fully saturated rings. The highest BCUT2D eigenvalue weighted by Crippen LogP contribution is 2.41. The summed E-state index contributed by atoms with van der Waals surface area (Å²) in [6.07, 6.45) is 2.30. The molecule has 0 radical (unpaired) electrons. The topological polar surface area (TPSA) is 61.1 Å². The van der Waals surface area contributed by atoms with E-state index >= 15 is 0 Å². The Morgan fingerprint density at radius 1 is 1.17 bits per heavy atom. The number of thiophene rings is 1. The maximum absolute atomic E-state index is 7.45. The number of nitrogens with zero attached hydrogens (tertiary/aromatic N) is 4. The lowest BCUT2D eigenvalue weighted by Gasteiger charge is -2.19. The lowest BCUT2D eigenvalue weighted by atomic mass is 10.1. The number of anilines is 1. The molecule has 0 N–H and O–H groups in total. The second-order valence-electron chi connectivity index (χ2n) is 6.67. The molecule has 1 aromatic carbocycles. The normalized spacial score (nSPS) is 10.5. The fourth-order valence-corrected chi connectivity index (χ4v) is 4.29. The van der Waals surface area contributed by atoms with Crippen molar-refractivity contribution in [2.24, 2.45) is 0 Å². The zero-order valence-electron chi connectivity index (χ0n) is 17.8. The quantitative estimate of drug-likeness (QED) is 0.383. The molecule has 0 aliphatic carbocycles. The number of methoxy groups -OCH3 is 3. The van der Waals surface area contributed by atoms with Gasteiger partial charge >= 0.3 is 0 Å². The van der Waals surface area contributed by atoms with Crippen molar-refractivity contribution >= 4 is 32.4 Å². The van der Waals surface area contributed by atoms with Crippen LogP contribution in [-0.2, 0) is 6.42 Å². The predicted octanol–water partition coefficient (Wildman–Crippen LogP) is 4.79. The van der Waals surface area contributed by atoms with Crippen LogP contribution >= 0.6 is 11.3 Å². The number of benzene rings is 1. The van der Waals surface area contributed by atoms with E-state index in [0.29, 0.717) is 41.0 Å². The first-order chi connectivity index (χ1) is 14.5. The fourth-order valence-electron chi connectivity index (χ4n) is 3.31. The fraction of sp³-hybridized carbons (Fsp3) is 0.318. The number of ether oxygens (including phenoxy) is 3. The molecule has 0 unspecified atom stereocenters. The van der Waals surface area contributed by atoms with E-state index in [4.69, 9.17) is 30.8 Å². The highest BCUT2D eigenvalue weighted by Gasteiger charge is 2.20. The first-order valence-electron chi connectivity index (χ1n) is 9.25. The lowest BCUT2D eigenvalue weighted by molar-refractivity contribution is 0.324. The summed E-state index contributed by atoms with van der Waals surface area (Å²) in [7, 11) is 6.72. The van der Waals surface area contributed by atoms with E-state index in [-0.39, 0.29) is 0 Å². The average molecular weight is 425 g/mol. The van der Waals surface area contributed by atoms with Crippen molar-refractivity contribution in [3.63, 3.8) is 0 Å². The minimum absolute atomic E-state index is 0.478. The van der Waals surface area contributed by atoms with Gasteiger partial charge in [-0.2, -0.15) is 0 Å². The molecule has 0 spiro atoms. The van der Waals surface area contributed by atoms with Crippen molar-refractivity contribution in [1.29, 1.82) is 0 Å². The molecule has 0 saturated carbocycles. The van der Waals surface area contributed by atoms with Gasteiger partial charge in [0.2, 0.25) is 10.8 Å². The second kappa shape index (κ2) is 9.01. The minimum atomic E-state index is 0.478. The van der Waals surface area contributed by atoms with Gasteiger partial charge in [-0.15, -0.1) is 17.9 Å². The minimum Gasteiger partial charge on any atom is -0.493 e. The number of aryl methyl sites for hydroxylation is 1. The Morgan fingerprint density at radius 3 is 2.37 bits per heavy atom. The monoisotopic (exact) mass is 424 g/mol. The van der Waals surface area contributed by atoms with E-state index in [0.717, 1.165) is 27.2 Å². The van der Waals surface area contributed by atoms with Crippen molar-refractivity contribution < 1.29 is 14.2 Å². The van der Waals surface area contributed by atoms with Gasteiger partial charge in [0.15, 0.2) is 11.5 Å². The van der Waals surface area contributed by atoms with Gasteiger partial charge in [-0.3, -0.25) is 0 Å². The number of likely N-dealkylation sites (N-methyl/N-ethyl adjacent to an activating group) is 1. The van der Waals surface area contributed by atoms with Crippen LogP contribution in [0.1, 0.15) is 17.0 Å². The van der Waals surface area contributed by atoms with Gasteiger partial charge in [-0.25, -0.2) is 14.8 Å². The van der Waals surface area contributed by atoms with Crippen LogP contribution in [0, 0.1) is 13.5 Å². The van der Waals surface area contributed by atoms with Crippen molar-refractivity contribution in [1.82, 2.24) is 9.97 Å². The molecule has 3 aromatic rings. The SMILES string of the molecule is [C-]#[N+]c1sc2nc(Cc3cc(OC)c(OC)c(OC)c3)nc(N(C)CC=C)c2c1C. The predicted molar refractivity (Wildman–Crippen MR) is 121 cm³/mol. The maximum atomic E-state index is 7.45. The zero-order chi connectivity index (χ0) is 21.8. The van der Waals surface area contributed by atoms with Gasteiger partial charge in [-0.1, -0.05) is 6.08 Å². The van der Waals surface area contributed by atoms with Gasteiger partial charge < -0.3 is 19.1 Å². The molecule has 7 nitrogen and oxygen atoms in total. The molecular formula is C22H24N4O3S. The molecule has 0 aliphatic heterocycles. The third-order valence-electron chi connectivity index (χ3n) is 4.75. The third kappa shape index (κ3) is 3.89. The summed E-state index contributed by atoms with van der Waals surface area (Å²) in [5.41, 5.74) is 1.84. The van der Waals surface area contributed by atoms with Gasteiger partial charge in [0.25, 0.3) is 0 Å². The Kier molecular flexibility index (Phi) is 6.43. The summed E-state index contributed by atoms with van der Waals surface area (Å²) in [4.78, 5) is 16.1. The molecule has 0 saturated heterocycles. The Labute approximate surface area is 180 Å². The second-order valence-corrected chi connectivity index (χ2v) is 7.64. The Hall–Kier alpha value is -3.31. The van der Waals surface area contributed by atoms with E-state index < -0.39 is 0 Å².